The smallest absolute Gasteiger partial charge is 0.122 e. The molecule has 1 aromatic carbocycles. The largest absolute Gasteiger partial charge is 0.489 e. The Morgan fingerprint density at radius 2 is 2.00 bits per heavy atom. The third-order valence-electron chi connectivity index (χ3n) is 2.69. The van der Waals surface area contributed by atoms with E-state index in [9.17, 15) is 0 Å². The number of ether oxygens (including phenoxy) is 1. The lowest BCUT2D eigenvalue weighted by atomic mass is 10.1. The van der Waals surface area contributed by atoms with Crippen molar-refractivity contribution in [3.63, 3.8) is 0 Å². The van der Waals surface area contributed by atoms with Gasteiger partial charge >= 0.3 is 0 Å². The van der Waals surface area contributed by atoms with Gasteiger partial charge in [0.25, 0.3) is 0 Å². The van der Waals surface area contributed by atoms with E-state index >= 15 is 0 Å². The molecule has 0 aliphatic heterocycles. The van der Waals surface area contributed by atoms with Crippen molar-refractivity contribution in [1.29, 1.82) is 0 Å². The second kappa shape index (κ2) is 7.29. The molecule has 16 heavy (non-hydrogen) atoms. The molecule has 0 aromatic heterocycles. The topological polar surface area (TPSA) is 21.3 Å². The number of nitrogens with one attached hydrogen (secondary N) is 1. The summed E-state index contributed by atoms with van der Waals surface area (Å²) in [6.45, 7) is 5.26. The average Bonchev–Trinajstić information content (AvgIpc) is 2.30. The van der Waals surface area contributed by atoms with E-state index in [1.807, 2.05) is 13.1 Å². The molecule has 0 bridgehead atoms. The molecule has 0 heterocycles. The molecule has 2 nitrogen and oxygen atoms in total. The van der Waals surface area contributed by atoms with Crippen LogP contribution in [0.25, 0.3) is 0 Å². The van der Waals surface area contributed by atoms with Gasteiger partial charge in [-0.15, -0.1) is 0 Å². The number of hydrogen-bond acceptors (Lipinski definition) is 2. The summed E-state index contributed by atoms with van der Waals surface area (Å²) in [7, 11) is 1.97. The fraction of sp³-hybridized carbons (Fsp3) is 0.571. The Morgan fingerprint density at radius 3 is 2.62 bits per heavy atom. The number of likely N-dealkylation sites (N-methyl/N-ethyl adjacent to an activating group) is 1. The number of rotatable bonds is 7. The zero-order valence-corrected chi connectivity index (χ0v) is 10.6. The summed E-state index contributed by atoms with van der Waals surface area (Å²) in [4.78, 5) is 0. The molecule has 0 aliphatic rings. The van der Waals surface area contributed by atoms with Crippen LogP contribution in [0, 0.1) is 0 Å². The zero-order chi connectivity index (χ0) is 11.8. The summed E-state index contributed by atoms with van der Waals surface area (Å²) in [6, 6.07) is 8.31. The van der Waals surface area contributed by atoms with Crippen LogP contribution in [-0.2, 0) is 6.42 Å². The SMILES string of the molecule is CCCC(CNC)Oc1ccccc1CC. The van der Waals surface area contributed by atoms with Gasteiger partial charge in [0.05, 0.1) is 0 Å². The molecule has 0 saturated carbocycles. The minimum atomic E-state index is 0.280. The van der Waals surface area contributed by atoms with Crippen molar-refractivity contribution >= 4 is 0 Å². The maximum atomic E-state index is 6.05. The van der Waals surface area contributed by atoms with Crippen molar-refractivity contribution in [3.05, 3.63) is 29.8 Å². The zero-order valence-electron chi connectivity index (χ0n) is 10.6. The number of aryl methyl sites for hydroxylation is 1. The molecule has 0 spiro atoms. The molecule has 0 aliphatic carbocycles. The fourth-order valence-electron chi connectivity index (χ4n) is 1.84. The van der Waals surface area contributed by atoms with Crippen LogP contribution in [0.1, 0.15) is 32.3 Å². The summed E-state index contributed by atoms with van der Waals surface area (Å²) in [5.41, 5.74) is 1.29. The van der Waals surface area contributed by atoms with Crippen molar-refractivity contribution in [2.45, 2.75) is 39.2 Å². The van der Waals surface area contributed by atoms with Gasteiger partial charge in [-0.25, -0.2) is 0 Å². The highest BCUT2D eigenvalue weighted by Crippen LogP contribution is 2.20. The first-order valence-electron chi connectivity index (χ1n) is 6.20. The van der Waals surface area contributed by atoms with Gasteiger partial charge in [-0.3, -0.25) is 0 Å². The number of para-hydroxylation sites is 1. The normalized spacial score (nSPS) is 12.4. The van der Waals surface area contributed by atoms with Gasteiger partial charge in [0.1, 0.15) is 11.9 Å². The van der Waals surface area contributed by atoms with Gasteiger partial charge in [0.15, 0.2) is 0 Å². The Kier molecular flexibility index (Phi) is 5.94. The molecule has 2 heteroatoms. The van der Waals surface area contributed by atoms with Crippen molar-refractivity contribution in [2.75, 3.05) is 13.6 Å². The first kappa shape index (κ1) is 13.0. The molecule has 1 atom stereocenters. The first-order valence-corrected chi connectivity index (χ1v) is 6.20. The molecule has 90 valence electrons. The maximum Gasteiger partial charge on any atom is 0.122 e. The van der Waals surface area contributed by atoms with Gasteiger partial charge in [0.2, 0.25) is 0 Å². The fourth-order valence-corrected chi connectivity index (χ4v) is 1.84. The molecular weight excluding hydrogens is 198 g/mol. The second-order valence-electron chi connectivity index (χ2n) is 4.05. The lowest BCUT2D eigenvalue weighted by Gasteiger charge is -2.20. The molecule has 0 fully saturated rings. The Bertz CT molecular complexity index is 293. The number of hydrogen-bond donors (Lipinski definition) is 1. The predicted octanol–water partition coefficient (Wildman–Crippen LogP) is 3.02. The van der Waals surface area contributed by atoms with Gasteiger partial charge in [-0.05, 0) is 31.5 Å². The van der Waals surface area contributed by atoms with Crippen LogP contribution in [0.15, 0.2) is 24.3 Å². The van der Waals surface area contributed by atoms with Gasteiger partial charge in [-0.1, -0.05) is 38.5 Å². The monoisotopic (exact) mass is 221 g/mol. The van der Waals surface area contributed by atoms with Gasteiger partial charge in [-0.2, -0.15) is 0 Å². The highest BCUT2D eigenvalue weighted by Gasteiger charge is 2.10. The molecular formula is C14H23NO. The first-order chi connectivity index (χ1) is 7.81. The van der Waals surface area contributed by atoms with E-state index < -0.39 is 0 Å². The highest BCUT2D eigenvalue weighted by molar-refractivity contribution is 5.33. The third-order valence-corrected chi connectivity index (χ3v) is 2.69. The Hall–Kier alpha value is -1.02. The van der Waals surface area contributed by atoms with Crippen LogP contribution in [0.4, 0.5) is 0 Å². The second-order valence-corrected chi connectivity index (χ2v) is 4.05. The Morgan fingerprint density at radius 1 is 1.25 bits per heavy atom. The molecule has 1 rings (SSSR count). The summed E-state index contributed by atoms with van der Waals surface area (Å²) >= 11 is 0. The standard InChI is InChI=1S/C14H23NO/c1-4-8-13(11-15-3)16-14-10-7-6-9-12(14)5-2/h6-7,9-10,13,15H,4-5,8,11H2,1-3H3. The summed E-state index contributed by atoms with van der Waals surface area (Å²) in [5.74, 6) is 1.04. The minimum Gasteiger partial charge on any atom is -0.489 e. The van der Waals surface area contributed by atoms with E-state index in [2.05, 4.69) is 37.4 Å². The number of benzene rings is 1. The highest BCUT2D eigenvalue weighted by atomic mass is 16.5. The minimum absolute atomic E-state index is 0.280. The van der Waals surface area contributed by atoms with Crippen LogP contribution in [0.2, 0.25) is 0 Å². The summed E-state index contributed by atoms with van der Waals surface area (Å²) in [6.07, 6.45) is 3.55. The van der Waals surface area contributed by atoms with Crippen molar-refractivity contribution in [2.24, 2.45) is 0 Å². The molecule has 1 N–H and O–H groups in total. The molecule has 0 amide bonds. The van der Waals surface area contributed by atoms with E-state index in [-0.39, 0.29) is 6.10 Å². The van der Waals surface area contributed by atoms with E-state index in [0.29, 0.717) is 0 Å². The van der Waals surface area contributed by atoms with Gasteiger partial charge in [0, 0.05) is 6.54 Å². The molecule has 0 radical (unpaired) electrons. The molecule has 1 unspecified atom stereocenters. The van der Waals surface area contributed by atoms with E-state index in [0.717, 1.165) is 31.6 Å². The van der Waals surface area contributed by atoms with Crippen LogP contribution < -0.4 is 10.1 Å². The molecule has 1 aromatic rings. The van der Waals surface area contributed by atoms with Crippen LogP contribution in [0.3, 0.4) is 0 Å². The Labute approximate surface area is 99.0 Å². The van der Waals surface area contributed by atoms with E-state index in [1.54, 1.807) is 0 Å². The maximum absolute atomic E-state index is 6.05. The molecule has 0 saturated heterocycles. The third kappa shape index (κ3) is 3.86. The van der Waals surface area contributed by atoms with Crippen LogP contribution >= 0.6 is 0 Å². The van der Waals surface area contributed by atoms with Crippen LogP contribution in [0.5, 0.6) is 5.75 Å². The predicted molar refractivity (Wildman–Crippen MR) is 69.1 cm³/mol. The lowest BCUT2D eigenvalue weighted by Crippen LogP contribution is -2.29. The van der Waals surface area contributed by atoms with Gasteiger partial charge < -0.3 is 10.1 Å². The Balaban J connectivity index is 2.67. The van der Waals surface area contributed by atoms with E-state index in [4.69, 9.17) is 4.74 Å². The van der Waals surface area contributed by atoms with Crippen molar-refractivity contribution < 1.29 is 4.74 Å². The summed E-state index contributed by atoms with van der Waals surface area (Å²) < 4.78 is 6.05. The van der Waals surface area contributed by atoms with Crippen LogP contribution in [-0.4, -0.2) is 19.7 Å². The average molecular weight is 221 g/mol. The quantitative estimate of drug-likeness (QED) is 0.764. The lowest BCUT2D eigenvalue weighted by molar-refractivity contribution is 0.187. The van der Waals surface area contributed by atoms with Crippen molar-refractivity contribution in [3.8, 4) is 5.75 Å². The summed E-state index contributed by atoms with van der Waals surface area (Å²) in [5, 5.41) is 3.19. The van der Waals surface area contributed by atoms with Crippen molar-refractivity contribution in [1.82, 2.24) is 5.32 Å². The van der Waals surface area contributed by atoms with E-state index in [1.165, 1.54) is 5.56 Å².